The Bertz CT molecular complexity index is 432. The van der Waals surface area contributed by atoms with Gasteiger partial charge in [0.15, 0.2) is 0 Å². The second kappa shape index (κ2) is 9.23. The predicted octanol–water partition coefficient (Wildman–Crippen LogP) is 2.04. The average molecular weight is 311 g/mol. The molecule has 0 aromatic rings. The number of aliphatic carboxylic acids is 1. The molecule has 1 amide bonds. The van der Waals surface area contributed by atoms with Crippen molar-refractivity contribution in [2.75, 3.05) is 6.54 Å². The van der Waals surface area contributed by atoms with Crippen molar-refractivity contribution in [1.82, 2.24) is 5.32 Å². The lowest BCUT2D eigenvalue weighted by Gasteiger charge is -2.16. The van der Waals surface area contributed by atoms with E-state index >= 15 is 0 Å². The van der Waals surface area contributed by atoms with Crippen molar-refractivity contribution in [1.29, 1.82) is 0 Å². The van der Waals surface area contributed by atoms with Crippen molar-refractivity contribution >= 4 is 17.8 Å². The topological polar surface area (TPSA) is 92.7 Å². The van der Waals surface area contributed by atoms with E-state index in [9.17, 15) is 14.4 Å². The molecule has 1 rings (SSSR count). The largest absolute Gasteiger partial charge is 0.480 e. The number of esters is 1. The molecule has 0 bridgehead atoms. The molecule has 22 heavy (non-hydrogen) atoms. The summed E-state index contributed by atoms with van der Waals surface area (Å²) >= 11 is 0. The summed E-state index contributed by atoms with van der Waals surface area (Å²) in [7, 11) is 0. The SMILES string of the molecule is C=C1C(=O)OC(CCCCCCCC)C1C(=O)NCC(=O)O. The molecule has 6 heteroatoms. The number of carboxylic acid groups (broad SMARTS) is 1. The first-order valence-electron chi connectivity index (χ1n) is 7.86. The lowest BCUT2D eigenvalue weighted by Crippen LogP contribution is -2.38. The number of cyclic esters (lactones) is 1. The molecule has 0 spiro atoms. The van der Waals surface area contributed by atoms with Crippen LogP contribution in [0.2, 0.25) is 0 Å². The third-order valence-electron chi connectivity index (χ3n) is 3.81. The van der Waals surface area contributed by atoms with Gasteiger partial charge in [0.1, 0.15) is 18.6 Å². The molecule has 124 valence electrons. The fraction of sp³-hybridized carbons (Fsp3) is 0.688. The highest BCUT2D eigenvalue weighted by atomic mass is 16.6. The highest BCUT2D eigenvalue weighted by molar-refractivity contribution is 6.00. The normalized spacial score (nSPS) is 20.8. The van der Waals surface area contributed by atoms with Gasteiger partial charge < -0.3 is 15.2 Å². The van der Waals surface area contributed by atoms with Crippen LogP contribution in [0, 0.1) is 5.92 Å². The molecule has 0 radical (unpaired) electrons. The van der Waals surface area contributed by atoms with Gasteiger partial charge in [-0.25, -0.2) is 4.79 Å². The number of unbranched alkanes of at least 4 members (excludes halogenated alkanes) is 5. The summed E-state index contributed by atoms with van der Waals surface area (Å²) in [4.78, 5) is 34.1. The summed E-state index contributed by atoms with van der Waals surface area (Å²) in [6.07, 6.45) is 6.70. The molecule has 2 unspecified atom stereocenters. The zero-order chi connectivity index (χ0) is 16.5. The van der Waals surface area contributed by atoms with E-state index in [-0.39, 0.29) is 5.57 Å². The molecule has 0 saturated carbocycles. The molecule has 0 aromatic carbocycles. The van der Waals surface area contributed by atoms with Crippen molar-refractivity contribution in [2.45, 2.75) is 58.0 Å². The molecular formula is C16H25NO5. The number of hydrogen-bond donors (Lipinski definition) is 2. The molecule has 1 saturated heterocycles. The molecule has 0 aliphatic carbocycles. The Morgan fingerprint density at radius 3 is 2.50 bits per heavy atom. The fourth-order valence-electron chi connectivity index (χ4n) is 2.58. The van der Waals surface area contributed by atoms with Crippen LogP contribution in [-0.4, -0.2) is 35.6 Å². The standard InChI is InChI=1S/C16H25NO5/c1-3-4-5-6-7-8-9-12-14(11(2)16(21)22-12)15(20)17-10-13(18)19/h12,14H,2-10H2,1H3,(H,17,20)(H,18,19). The van der Waals surface area contributed by atoms with Crippen molar-refractivity contribution in [3.05, 3.63) is 12.2 Å². The minimum atomic E-state index is -1.13. The first kappa shape index (κ1) is 18.2. The van der Waals surface area contributed by atoms with Crippen LogP contribution < -0.4 is 5.32 Å². The maximum absolute atomic E-state index is 12.0. The Kier molecular flexibility index (Phi) is 7.63. The van der Waals surface area contributed by atoms with Crippen LogP contribution in [0.4, 0.5) is 0 Å². The van der Waals surface area contributed by atoms with Crippen LogP contribution in [0.1, 0.15) is 51.9 Å². The maximum Gasteiger partial charge on any atom is 0.334 e. The number of hydrogen-bond acceptors (Lipinski definition) is 4. The fourth-order valence-corrected chi connectivity index (χ4v) is 2.58. The lowest BCUT2D eigenvalue weighted by molar-refractivity contribution is -0.141. The van der Waals surface area contributed by atoms with Crippen molar-refractivity contribution in [3.8, 4) is 0 Å². The number of ether oxygens (including phenoxy) is 1. The number of carbonyl (C=O) groups is 3. The van der Waals surface area contributed by atoms with E-state index in [1.807, 2.05) is 0 Å². The Hall–Kier alpha value is -1.85. The maximum atomic E-state index is 12.0. The minimum absolute atomic E-state index is 0.110. The van der Waals surface area contributed by atoms with Crippen LogP contribution in [0.25, 0.3) is 0 Å². The molecule has 2 N–H and O–H groups in total. The summed E-state index contributed by atoms with van der Waals surface area (Å²) in [6, 6.07) is 0. The van der Waals surface area contributed by atoms with E-state index in [1.165, 1.54) is 19.3 Å². The van der Waals surface area contributed by atoms with E-state index < -0.39 is 36.4 Å². The summed E-state index contributed by atoms with van der Waals surface area (Å²) in [5.74, 6) is -2.97. The van der Waals surface area contributed by atoms with Gasteiger partial charge in [0.25, 0.3) is 0 Å². The minimum Gasteiger partial charge on any atom is -0.480 e. The van der Waals surface area contributed by atoms with Crippen LogP contribution >= 0.6 is 0 Å². The van der Waals surface area contributed by atoms with Crippen molar-refractivity contribution in [2.24, 2.45) is 5.92 Å². The third-order valence-corrected chi connectivity index (χ3v) is 3.81. The Labute approximate surface area is 130 Å². The highest BCUT2D eigenvalue weighted by Crippen LogP contribution is 2.30. The quantitative estimate of drug-likeness (QED) is 0.366. The second-order valence-electron chi connectivity index (χ2n) is 5.61. The van der Waals surface area contributed by atoms with E-state index in [2.05, 4.69) is 18.8 Å². The molecular weight excluding hydrogens is 286 g/mol. The first-order valence-corrected chi connectivity index (χ1v) is 7.86. The zero-order valence-corrected chi connectivity index (χ0v) is 13.1. The number of carboxylic acids is 1. The van der Waals surface area contributed by atoms with Crippen LogP contribution in [0.5, 0.6) is 0 Å². The number of nitrogens with one attached hydrogen (secondary N) is 1. The van der Waals surface area contributed by atoms with E-state index in [0.717, 1.165) is 19.3 Å². The van der Waals surface area contributed by atoms with Gasteiger partial charge in [-0.3, -0.25) is 9.59 Å². The van der Waals surface area contributed by atoms with Crippen molar-refractivity contribution < 1.29 is 24.2 Å². The number of rotatable bonds is 10. The Morgan fingerprint density at radius 2 is 1.86 bits per heavy atom. The molecule has 6 nitrogen and oxygen atoms in total. The molecule has 1 heterocycles. The van der Waals surface area contributed by atoms with Crippen LogP contribution in [0.3, 0.4) is 0 Å². The van der Waals surface area contributed by atoms with E-state index in [4.69, 9.17) is 9.84 Å². The third kappa shape index (κ3) is 5.50. The monoisotopic (exact) mass is 311 g/mol. The predicted molar refractivity (Wildman–Crippen MR) is 81.1 cm³/mol. The highest BCUT2D eigenvalue weighted by Gasteiger charge is 2.42. The van der Waals surface area contributed by atoms with Gasteiger partial charge in [0.2, 0.25) is 5.91 Å². The number of carbonyl (C=O) groups excluding carboxylic acids is 2. The molecule has 0 aromatic heterocycles. The Morgan fingerprint density at radius 1 is 1.23 bits per heavy atom. The second-order valence-corrected chi connectivity index (χ2v) is 5.61. The van der Waals surface area contributed by atoms with E-state index in [0.29, 0.717) is 6.42 Å². The summed E-state index contributed by atoms with van der Waals surface area (Å²) < 4.78 is 5.20. The van der Waals surface area contributed by atoms with E-state index in [1.54, 1.807) is 0 Å². The van der Waals surface area contributed by atoms with Gasteiger partial charge in [-0.05, 0) is 12.8 Å². The summed E-state index contributed by atoms with van der Waals surface area (Å²) in [5, 5.41) is 10.9. The average Bonchev–Trinajstić information content (AvgIpc) is 2.75. The van der Waals surface area contributed by atoms with Crippen LogP contribution in [-0.2, 0) is 19.1 Å². The molecule has 1 fully saturated rings. The van der Waals surface area contributed by atoms with Gasteiger partial charge in [-0.2, -0.15) is 0 Å². The summed E-state index contributed by atoms with van der Waals surface area (Å²) in [5.41, 5.74) is 0.110. The summed E-state index contributed by atoms with van der Waals surface area (Å²) in [6.45, 7) is 5.29. The zero-order valence-electron chi connectivity index (χ0n) is 13.1. The first-order chi connectivity index (χ1) is 10.5. The van der Waals surface area contributed by atoms with Crippen molar-refractivity contribution in [3.63, 3.8) is 0 Å². The molecule has 2 atom stereocenters. The number of amides is 1. The van der Waals surface area contributed by atoms with Crippen LogP contribution in [0.15, 0.2) is 12.2 Å². The van der Waals surface area contributed by atoms with Gasteiger partial charge in [-0.1, -0.05) is 45.6 Å². The van der Waals surface area contributed by atoms with Gasteiger partial charge >= 0.3 is 11.9 Å². The van der Waals surface area contributed by atoms with Gasteiger partial charge in [0.05, 0.1) is 0 Å². The molecule has 1 aliphatic heterocycles. The lowest BCUT2D eigenvalue weighted by atomic mass is 9.92. The Balaban J connectivity index is 2.45. The molecule has 1 aliphatic rings. The van der Waals surface area contributed by atoms with Gasteiger partial charge in [0, 0.05) is 5.57 Å². The van der Waals surface area contributed by atoms with Gasteiger partial charge in [-0.15, -0.1) is 0 Å². The smallest absolute Gasteiger partial charge is 0.334 e.